The van der Waals surface area contributed by atoms with Crippen LogP contribution in [-0.2, 0) is 13.5 Å². The number of amidine groups is 1. The van der Waals surface area contributed by atoms with Gasteiger partial charge in [0.2, 0.25) is 5.88 Å². The highest BCUT2D eigenvalue weighted by molar-refractivity contribution is 5.98. The first-order valence-corrected chi connectivity index (χ1v) is 6.64. The lowest BCUT2D eigenvalue weighted by molar-refractivity contribution is 0.284. The molecule has 1 aromatic carbocycles. The lowest BCUT2D eigenvalue weighted by atomic mass is 10.1. The number of benzene rings is 1. The molecule has 0 amide bonds. The van der Waals surface area contributed by atoms with Crippen molar-refractivity contribution in [3.63, 3.8) is 0 Å². The summed E-state index contributed by atoms with van der Waals surface area (Å²) in [5, 5.41) is 11.8. The van der Waals surface area contributed by atoms with Crippen LogP contribution in [0.25, 0.3) is 0 Å². The van der Waals surface area contributed by atoms with E-state index in [1.165, 1.54) is 5.56 Å². The van der Waals surface area contributed by atoms with Crippen LogP contribution in [0, 0.1) is 12.3 Å². The molecule has 3 N–H and O–H groups in total. The first-order valence-electron chi connectivity index (χ1n) is 6.64. The van der Waals surface area contributed by atoms with Crippen LogP contribution in [-0.4, -0.2) is 22.2 Å². The van der Waals surface area contributed by atoms with Crippen LogP contribution in [0.4, 0.5) is 0 Å². The number of nitrogens with two attached hydrogens (primary N) is 1. The topological polar surface area (TPSA) is 76.9 Å². The number of nitrogen functional groups attached to an aromatic ring is 1. The number of nitrogens with one attached hydrogen (secondary N) is 1. The molecular formula is C15H20N4O. The average molecular weight is 272 g/mol. The Hall–Kier alpha value is -2.30. The molecule has 0 fully saturated rings. The van der Waals surface area contributed by atoms with Gasteiger partial charge in [-0.25, -0.2) is 4.68 Å². The highest BCUT2D eigenvalue weighted by Crippen LogP contribution is 2.20. The Morgan fingerprint density at radius 1 is 1.35 bits per heavy atom. The standard InChI is InChI=1S/C15H20N4O/c1-11-13(14(16)17)15(19(2)18-11)20-10-6-9-12-7-4-3-5-8-12/h3-5,7-8H,6,9-10H2,1-2H3,(H3,16,17). The molecule has 0 saturated carbocycles. The molecule has 0 unspecified atom stereocenters. The molecule has 0 atom stereocenters. The molecule has 0 aliphatic heterocycles. The number of aromatic nitrogens is 2. The zero-order valence-electron chi connectivity index (χ0n) is 11.9. The number of nitrogens with zero attached hydrogens (tertiary/aromatic N) is 2. The third-order valence-electron chi connectivity index (χ3n) is 3.13. The summed E-state index contributed by atoms with van der Waals surface area (Å²) in [6.45, 7) is 2.40. The quantitative estimate of drug-likeness (QED) is 0.480. The van der Waals surface area contributed by atoms with Crippen molar-refractivity contribution in [2.24, 2.45) is 12.8 Å². The minimum atomic E-state index is -0.00587. The summed E-state index contributed by atoms with van der Waals surface area (Å²) in [6, 6.07) is 10.3. The molecule has 0 spiro atoms. The van der Waals surface area contributed by atoms with E-state index in [1.54, 1.807) is 11.7 Å². The molecule has 20 heavy (non-hydrogen) atoms. The Labute approximate surface area is 118 Å². The maximum Gasteiger partial charge on any atom is 0.223 e. The van der Waals surface area contributed by atoms with Crippen LogP contribution in [0.2, 0.25) is 0 Å². The second-order valence-electron chi connectivity index (χ2n) is 4.74. The van der Waals surface area contributed by atoms with Gasteiger partial charge in [-0.05, 0) is 25.3 Å². The number of ether oxygens (including phenoxy) is 1. The average Bonchev–Trinajstić information content (AvgIpc) is 2.70. The first kappa shape index (κ1) is 14.1. The van der Waals surface area contributed by atoms with Crippen LogP contribution >= 0.6 is 0 Å². The van der Waals surface area contributed by atoms with Gasteiger partial charge in [-0.3, -0.25) is 5.41 Å². The molecule has 1 heterocycles. The van der Waals surface area contributed by atoms with E-state index in [0.717, 1.165) is 18.5 Å². The van der Waals surface area contributed by atoms with Crippen molar-refractivity contribution in [2.75, 3.05) is 6.61 Å². The normalized spacial score (nSPS) is 10.5. The van der Waals surface area contributed by atoms with Gasteiger partial charge in [0.15, 0.2) is 0 Å². The largest absolute Gasteiger partial charge is 0.477 e. The molecule has 2 rings (SSSR count). The summed E-state index contributed by atoms with van der Waals surface area (Å²) in [5.74, 6) is 0.566. The highest BCUT2D eigenvalue weighted by Gasteiger charge is 2.16. The Morgan fingerprint density at radius 2 is 2.05 bits per heavy atom. The number of aryl methyl sites for hydroxylation is 3. The SMILES string of the molecule is Cc1nn(C)c(OCCCc2ccccc2)c1C(=N)N. The smallest absolute Gasteiger partial charge is 0.223 e. The molecule has 0 aliphatic carbocycles. The van der Waals surface area contributed by atoms with Crippen molar-refractivity contribution in [3.05, 3.63) is 47.2 Å². The van der Waals surface area contributed by atoms with Crippen LogP contribution in [0.5, 0.6) is 5.88 Å². The van der Waals surface area contributed by atoms with E-state index in [0.29, 0.717) is 18.1 Å². The number of rotatable bonds is 6. The Morgan fingerprint density at radius 3 is 2.70 bits per heavy atom. The van der Waals surface area contributed by atoms with E-state index in [9.17, 15) is 0 Å². The summed E-state index contributed by atoms with van der Waals surface area (Å²) < 4.78 is 7.38. The molecule has 0 radical (unpaired) electrons. The van der Waals surface area contributed by atoms with Crippen molar-refractivity contribution >= 4 is 5.84 Å². The summed E-state index contributed by atoms with van der Waals surface area (Å²) >= 11 is 0. The van der Waals surface area contributed by atoms with E-state index in [4.69, 9.17) is 15.9 Å². The van der Waals surface area contributed by atoms with Crippen LogP contribution in [0.1, 0.15) is 23.2 Å². The van der Waals surface area contributed by atoms with Crippen LogP contribution in [0.15, 0.2) is 30.3 Å². The van der Waals surface area contributed by atoms with Gasteiger partial charge in [-0.15, -0.1) is 0 Å². The minimum Gasteiger partial charge on any atom is -0.477 e. The van der Waals surface area contributed by atoms with Crippen molar-refractivity contribution in [3.8, 4) is 5.88 Å². The molecule has 0 aliphatic rings. The predicted molar refractivity (Wildman–Crippen MR) is 79.2 cm³/mol. The van der Waals surface area contributed by atoms with E-state index >= 15 is 0 Å². The Kier molecular flexibility index (Phi) is 4.40. The summed E-state index contributed by atoms with van der Waals surface area (Å²) in [4.78, 5) is 0. The van der Waals surface area contributed by atoms with Gasteiger partial charge in [-0.2, -0.15) is 5.10 Å². The number of hydrogen-bond acceptors (Lipinski definition) is 3. The molecule has 5 nitrogen and oxygen atoms in total. The van der Waals surface area contributed by atoms with Gasteiger partial charge in [0.25, 0.3) is 0 Å². The van der Waals surface area contributed by atoms with Crippen molar-refractivity contribution in [2.45, 2.75) is 19.8 Å². The predicted octanol–water partition coefficient (Wildman–Crippen LogP) is 2.02. The fraction of sp³-hybridized carbons (Fsp3) is 0.333. The first-order chi connectivity index (χ1) is 9.59. The molecule has 106 valence electrons. The van der Waals surface area contributed by atoms with E-state index < -0.39 is 0 Å². The van der Waals surface area contributed by atoms with E-state index in [1.807, 2.05) is 25.1 Å². The zero-order chi connectivity index (χ0) is 14.5. The molecule has 1 aromatic heterocycles. The Bertz CT molecular complexity index is 589. The van der Waals surface area contributed by atoms with Crippen molar-refractivity contribution < 1.29 is 4.74 Å². The van der Waals surface area contributed by atoms with Gasteiger partial charge in [0, 0.05) is 7.05 Å². The second-order valence-corrected chi connectivity index (χ2v) is 4.74. The second kappa shape index (κ2) is 6.23. The van der Waals surface area contributed by atoms with Gasteiger partial charge in [0.1, 0.15) is 11.4 Å². The molecule has 2 aromatic rings. The minimum absolute atomic E-state index is 0.00587. The van der Waals surface area contributed by atoms with Crippen molar-refractivity contribution in [1.29, 1.82) is 5.41 Å². The van der Waals surface area contributed by atoms with E-state index in [2.05, 4.69) is 17.2 Å². The van der Waals surface area contributed by atoms with Gasteiger partial charge in [0.05, 0.1) is 12.3 Å². The fourth-order valence-electron chi connectivity index (χ4n) is 2.20. The third-order valence-corrected chi connectivity index (χ3v) is 3.13. The molecule has 0 saturated heterocycles. The van der Waals surface area contributed by atoms with E-state index in [-0.39, 0.29) is 5.84 Å². The molecular weight excluding hydrogens is 252 g/mol. The fourth-order valence-corrected chi connectivity index (χ4v) is 2.20. The maximum atomic E-state index is 7.59. The Balaban J connectivity index is 1.93. The number of hydrogen-bond donors (Lipinski definition) is 2. The van der Waals surface area contributed by atoms with Gasteiger partial charge < -0.3 is 10.5 Å². The van der Waals surface area contributed by atoms with Crippen LogP contribution < -0.4 is 10.5 Å². The summed E-state index contributed by atoms with van der Waals surface area (Å²) in [5.41, 5.74) is 8.18. The third kappa shape index (κ3) is 3.17. The van der Waals surface area contributed by atoms with Crippen molar-refractivity contribution in [1.82, 2.24) is 9.78 Å². The van der Waals surface area contributed by atoms with Crippen LogP contribution in [0.3, 0.4) is 0 Å². The molecule has 5 heteroatoms. The molecule has 0 bridgehead atoms. The summed E-state index contributed by atoms with van der Waals surface area (Å²) in [7, 11) is 1.80. The lowest BCUT2D eigenvalue weighted by Gasteiger charge is -2.08. The van der Waals surface area contributed by atoms with Gasteiger partial charge >= 0.3 is 0 Å². The maximum absolute atomic E-state index is 7.59. The highest BCUT2D eigenvalue weighted by atomic mass is 16.5. The zero-order valence-corrected chi connectivity index (χ0v) is 11.9. The monoisotopic (exact) mass is 272 g/mol. The lowest BCUT2D eigenvalue weighted by Crippen LogP contribution is -2.14. The summed E-state index contributed by atoms with van der Waals surface area (Å²) in [6.07, 6.45) is 1.87. The van der Waals surface area contributed by atoms with Gasteiger partial charge in [-0.1, -0.05) is 30.3 Å².